The molecule has 0 unspecified atom stereocenters. The van der Waals surface area contributed by atoms with E-state index in [1.807, 2.05) is 6.92 Å². The molecule has 7 nitrogen and oxygen atoms in total. The van der Waals surface area contributed by atoms with E-state index in [1.54, 1.807) is 12.1 Å². The van der Waals surface area contributed by atoms with E-state index in [0.717, 1.165) is 24.3 Å². The highest BCUT2D eigenvalue weighted by atomic mass is 79.9. The van der Waals surface area contributed by atoms with E-state index in [4.69, 9.17) is 4.74 Å². The van der Waals surface area contributed by atoms with Gasteiger partial charge in [0.2, 0.25) is 0 Å². The number of halogens is 1. The van der Waals surface area contributed by atoms with Crippen LogP contribution in [0, 0.1) is 0 Å². The molecule has 3 rings (SSSR count). The second-order valence-corrected chi connectivity index (χ2v) is 7.07. The number of benzene rings is 1. The average molecular weight is 410 g/mol. The quantitative estimate of drug-likeness (QED) is 0.590. The topological polar surface area (TPSA) is 91.2 Å². The van der Waals surface area contributed by atoms with Crippen molar-refractivity contribution in [3.8, 4) is 11.5 Å². The van der Waals surface area contributed by atoms with E-state index in [0.29, 0.717) is 35.2 Å². The zero-order valence-corrected chi connectivity index (χ0v) is 15.5. The van der Waals surface area contributed by atoms with Crippen LogP contribution in [0.4, 0.5) is 4.79 Å². The van der Waals surface area contributed by atoms with Crippen LogP contribution < -0.4 is 10.1 Å². The van der Waals surface area contributed by atoms with Gasteiger partial charge in [0, 0.05) is 0 Å². The van der Waals surface area contributed by atoms with Crippen molar-refractivity contribution >= 4 is 34.1 Å². The lowest BCUT2D eigenvalue weighted by atomic mass is 9.82. The summed E-state index contributed by atoms with van der Waals surface area (Å²) in [5.41, 5.74) is -0.197. The Hall–Kier alpha value is -2.09. The number of rotatable bonds is 4. The van der Waals surface area contributed by atoms with Gasteiger partial charge in [-0.15, -0.1) is 5.01 Å². The molecule has 0 aromatic heterocycles. The first kappa shape index (κ1) is 17.7. The number of nitrogens with one attached hydrogen (secondary N) is 1. The molecule has 8 heteroatoms. The van der Waals surface area contributed by atoms with Crippen LogP contribution in [0.15, 0.2) is 21.7 Å². The molecule has 1 saturated carbocycles. The van der Waals surface area contributed by atoms with Gasteiger partial charge in [-0.05, 0) is 53.4 Å². The number of hydrogen-bond acceptors (Lipinski definition) is 5. The first-order chi connectivity index (χ1) is 12.0. The molecule has 3 amide bonds. The highest BCUT2D eigenvalue weighted by molar-refractivity contribution is 9.10. The number of nitrogens with zero attached hydrogens (tertiary/aromatic N) is 2. The smallest absolute Gasteiger partial charge is 0.346 e. The highest BCUT2D eigenvalue weighted by Crippen LogP contribution is 2.36. The van der Waals surface area contributed by atoms with Crippen LogP contribution in [0.25, 0.3) is 0 Å². The summed E-state index contributed by atoms with van der Waals surface area (Å²) >= 11 is 3.25. The predicted molar refractivity (Wildman–Crippen MR) is 95.8 cm³/mol. The van der Waals surface area contributed by atoms with Gasteiger partial charge in [-0.1, -0.05) is 19.3 Å². The molecule has 1 aliphatic carbocycles. The Morgan fingerprint density at radius 2 is 2.08 bits per heavy atom. The van der Waals surface area contributed by atoms with Crippen LogP contribution in [0.3, 0.4) is 0 Å². The van der Waals surface area contributed by atoms with E-state index < -0.39 is 11.6 Å². The van der Waals surface area contributed by atoms with Crippen LogP contribution in [0.1, 0.15) is 44.6 Å². The number of hydrazone groups is 1. The minimum absolute atomic E-state index is 0.00449. The first-order valence-corrected chi connectivity index (χ1v) is 9.12. The molecule has 0 atom stereocenters. The molecule has 1 saturated heterocycles. The predicted octanol–water partition coefficient (Wildman–Crippen LogP) is 3.14. The van der Waals surface area contributed by atoms with E-state index in [-0.39, 0.29) is 11.7 Å². The van der Waals surface area contributed by atoms with Gasteiger partial charge in [-0.2, -0.15) is 5.10 Å². The second-order valence-electron chi connectivity index (χ2n) is 6.22. The number of aromatic hydroxyl groups is 1. The molecule has 0 bridgehead atoms. The van der Waals surface area contributed by atoms with Crippen molar-refractivity contribution in [1.82, 2.24) is 10.3 Å². The van der Waals surface area contributed by atoms with Gasteiger partial charge < -0.3 is 15.2 Å². The number of amides is 3. The van der Waals surface area contributed by atoms with Gasteiger partial charge >= 0.3 is 6.03 Å². The van der Waals surface area contributed by atoms with Crippen molar-refractivity contribution in [1.29, 1.82) is 0 Å². The van der Waals surface area contributed by atoms with Gasteiger partial charge in [-0.3, -0.25) is 4.79 Å². The Morgan fingerprint density at radius 3 is 2.76 bits per heavy atom. The summed E-state index contributed by atoms with van der Waals surface area (Å²) in [6, 6.07) is 2.74. The zero-order chi connectivity index (χ0) is 18.0. The second kappa shape index (κ2) is 7.03. The van der Waals surface area contributed by atoms with Crippen LogP contribution in [-0.2, 0) is 4.79 Å². The molecule has 2 aliphatic rings. The number of ether oxygens (including phenoxy) is 1. The fourth-order valence-electron chi connectivity index (χ4n) is 3.26. The lowest BCUT2D eigenvalue weighted by molar-refractivity contribution is -0.132. The molecule has 2 fully saturated rings. The van der Waals surface area contributed by atoms with E-state index in [2.05, 4.69) is 26.3 Å². The minimum Gasteiger partial charge on any atom is -0.503 e. The van der Waals surface area contributed by atoms with Crippen molar-refractivity contribution in [2.24, 2.45) is 5.10 Å². The first-order valence-electron chi connectivity index (χ1n) is 8.33. The third-order valence-electron chi connectivity index (χ3n) is 4.52. The normalized spacial score (nSPS) is 19.7. The molecule has 2 N–H and O–H groups in total. The SMILES string of the molecule is CCOc1cc(/C=N/N2C(=O)NC3(CCCCC3)C2=O)cc(Br)c1O. The Balaban J connectivity index is 1.82. The summed E-state index contributed by atoms with van der Waals surface area (Å²) in [4.78, 5) is 24.8. The molecule has 1 heterocycles. The maximum Gasteiger partial charge on any atom is 0.346 e. The zero-order valence-electron chi connectivity index (χ0n) is 13.9. The summed E-state index contributed by atoms with van der Waals surface area (Å²) in [6.07, 6.45) is 5.64. The number of urea groups is 1. The average Bonchev–Trinajstić information content (AvgIpc) is 2.81. The molecular weight excluding hydrogens is 390 g/mol. The number of carbonyl (C=O) groups excluding carboxylic acids is 2. The van der Waals surface area contributed by atoms with E-state index in [1.165, 1.54) is 6.21 Å². The lowest BCUT2D eigenvalue weighted by Gasteiger charge is -2.29. The summed E-state index contributed by atoms with van der Waals surface area (Å²) in [5, 5.41) is 17.7. The van der Waals surface area contributed by atoms with Crippen molar-refractivity contribution in [2.45, 2.75) is 44.6 Å². The Bertz CT molecular complexity index is 729. The van der Waals surface area contributed by atoms with Crippen LogP contribution in [-0.4, -0.2) is 40.4 Å². The van der Waals surface area contributed by atoms with E-state index in [9.17, 15) is 14.7 Å². The molecular formula is C17H20BrN3O4. The van der Waals surface area contributed by atoms with Gasteiger partial charge in [0.15, 0.2) is 11.5 Å². The van der Waals surface area contributed by atoms with Gasteiger partial charge in [0.05, 0.1) is 17.3 Å². The highest BCUT2D eigenvalue weighted by Gasteiger charge is 2.51. The minimum atomic E-state index is -0.793. The Morgan fingerprint density at radius 1 is 1.36 bits per heavy atom. The Kier molecular flexibility index (Phi) is 4.99. The maximum absolute atomic E-state index is 12.7. The standard InChI is InChI=1S/C17H20BrN3O4/c1-2-25-13-9-11(8-12(18)14(13)22)10-19-21-15(23)17(20-16(21)24)6-4-3-5-7-17/h8-10,22H,2-7H2,1H3,(H,20,24)/b19-10+. The molecule has 1 aromatic carbocycles. The van der Waals surface area contributed by atoms with Crippen molar-refractivity contribution in [3.63, 3.8) is 0 Å². The maximum atomic E-state index is 12.7. The summed E-state index contributed by atoms with van der Waals surface area (Å²) in [5.74, 6) is 0.00533. The molecule has 1 aromatic rings. The number of hydrogen-bond donors (Lipinski definition) is 2. The van der Waals surface area contributed by atoms with Crippen molar-refractivity contribution < 1.29 is 19.4 Å². The molecule has 134 valence electrons. The van der Waals surface area contributed by atoms with E-state index >= 15 is 0 Å². The molecule has 0 radical (unpaired) electrons. The third-order valence-corrected chi connectivity index (χ3v) is 5.12. The summed E-state index contributed by atoms with van der Waals surface area (Å²) < 4.78 is 5.81. The fourth-order valence-corrected chi connectivity index (χ4v) is 3.72. The fraction of sp³-hybridized carbons (Fsp3) is 0.471. The number of phenols is 1. The van der Waals surface area contributed by atoms with Crippen molar-refractivity contribution in [2.75, 3.05) is 6.61 Å². The number of carbonyl (C=O) groups is 2. The largest absolute Gasteiger partial charge is 0.503 e. The number of phenolic OH excluding ortho intramolecular Hbond substituents is 1. The molecule has 1 spiro atoms. The van der Waals surface area contributed by atoms with Gasteiger partial charge in [-0.25, -0.2) is 4.79 Å². The lowest BCUT2D eigenvalue weighted by Crippen LogP contribution is -2.48. The third kappa shape index (κ3) is 3.35. The van der Waals surface area contributed by atoms with Crippen LogP contribution in [0.2, 0.25) is 0 Å². The summed E-state index contributed by atoms with van der Waals surface area (Å²) in [7, 11) is 0. The van der Waals surface area contributed by atoms with Gasteiger partial charge in [0.25, 0.3) is 5.91 Å². The van der Waals surface area contributed by atoms with Crippen molar-refractivity contribution in [3.05, 3.63) is 22.2 Å². The van der Waals surface area contributed by atoms with Gasteiger partial charge in [0.1, 0.15) is 5.54 Å². The monoisotopic (exact) mass is 409 g/mol. The number of imide groups is 1. The molecule has 25 heavy (non-hydrogen) atoms. The Labute approximate surface area is 154 Å². The summed E-state index contributed by atoms with van der Waals surface area (Å²) in [6.45, 7) is 2.21. The van der Waals surface area contributed by atoms with Crippen LogP contribution >= 0.6 is 15.9 Å². The molecule has 1 aliphatic heterocycles. The van der Waals surface area contributed by atoms with Crippen LogP contribution in [0.5, 0.6) is 11.5 Å².